The number of nitrogens with one attached hydrogen (secondary N) is 3. The highest BCUT2D eigenvalue weighted by Gasteiger charge is 2.32. The van der Waals surface area contributed by atoms with Gasteiger partial charge in [0.25, 0.3) is 0 Å². The maximum absolute atomic E-state index is 13.3. The molecule has 3 atom stereocenters. The molecule has 0 aromatic heterocycles. The number of amides is 3. The molecule has 3 amide bonds. The van der Waals surface area contributed by atoms with Crippen LogP contribution in [0.1, 0.15) is 76.4 Å². The monoisotopic (exact) mass is 520 g/mol. The Balaban J connectivity index is 1.63. The number of ether oxygens (including phenoxy) is 1. The van der Waals surface area contributed by atoms with Crippen LogP contribution in [0.25, 0.3) is 0 Å². The van der Waals surface area contributed by atoms with Crippen LogP contribution in [-0.4, -0.2) is 62.7 Å². The van der Waals surface area contributed by atoms with Crippen molar-refractivity contribution in [3.63, 3.8) is 0 Å². The number of likely N-dealkylation sites (tertiary alicyclic amines) is 1. The van der Waals surface area contributed by atoms with Gasteiger partial charge in [0.2, 0.25) is 5.91 Å². The van der Waals surface area contributed by atoms with Crippen LogP contribution in [0.5, 0.6) is 0 Å². The summed E-state index contributed by atoms with van der Waals surface area (Å²) < 4.78 is 6.30. The van der Waals surface area contributed by atoms with E-state index >= 15 is 0 Å². The Morgan fingerprint density at radius 2 is 1.97 bits per heavy atom. The van der Waals surface area contributed by atoms with E-state index in [4.69, 9.17) is 16.3 Å². The number of nitrogens with zero attached hydrogens (tertiary/aromatic N) is 1. The number of likely N-dealkylation sites (N-methyl/N-ethyl adjacent to an activating group) is 1. The van der Waals surface area contributed by atoms with Gasteiger partial charge in [0.1, 0.15) is 0 Å². The Labute approximate surface area is 222 Å². The topological polar surface area (TPSA) is 82.7 Å². The Morgan fingerprint density at radius 3 is 2.69 bits per heavy atom. The lowest BCUT2D eigenvalue weighted by Crippen LogP contribution is -2.52. The first kappa shape index (κ1) is 28.7. The molecule has 1 aromatic rings. The fourth-order valence-corrected chi connectivity index (χ4v) is 5.92. The Morgan fingerprint density at radius 1 is 1.17 bits per heavy atom. The van der Waals surface area contributed by atoms with Gasteiger partial charge in [0.15, 0.2) is 0 Å². The second-order valence-electron chi connectivity index (χ2n) is 10.3. The molecule has 36 heavy (non-hydrogen) atoms. The first-order valence-corrected chi connectivity index (χ1v) is 14.2. The van der Waals surface area contributed by atoms with Gasteiger partial charge in [-0.3, -0.25) is 4.79 Å². The summed E-state index contributed by atoms with van der Waals surface area (Å²) >= 11 is 6.30. The second kappa shape index (κ2) is 15.4. The van der Waals surface area contributed by atoms with Gasteiger partial charge in [-0.15, -0.1) is 0 Å². The Hall–Kier alpha value is -1.83. The van der Waals surface area contributed by atoms with E-state index in [0.29, 0.717) is 37.1 Å². The fourth-order valence-electron chi connectivity index (χ4n) is 5.72. The number of urea groups is 1. The maximum atomic E-state index is 13.3. The molecule has 1 heterocycles. The van der Waals surface area contributed by atoms with Crippen molar-refractivity contribution in [2.45, 2.75) is 76.9 Å². The summed E-state index contributed by atoms with van der Waals surface area (Å²) in [5, 5.41) is 10.1. The summed E-state index contributed by atoms with van der Waals surface area (Å²) in [7, 11) is 1.95. The smallest absolute Gasteiger partial charge is 0.317 e. The zero-order valence-corrected chi connectivity index (χ0v) is 22.8. The lowest BCUT2D eigenvalue weighted by molar-refractivity contribution is -0.123. The summed E-state index contributed by atoms with van der Waals surface area (Å²) in [6, 6.07) is 7.90. The molecule has 3 unspecified atom stereocenters. The van der Waals surface area contributed by atoms with Crippen molar-refractivity contribution in [1.29, 1.82) is 0 Å². The minimum Gasteiger partial charge on any atom is -0.373 e. The molecule has 1 saturated heterocycles. The lowest BCUT2D eigenvalue weighted by Gasteiger charge is -2.38. The number of carbonyl (C=O) groups is 2. The van der Waals surface area contributed by atoms with Crippen LogP contribution in [0, 0.1) is 11.8 Å². The number of hydrogen-bond donors (Lipinski definition) is 3. The first-order valence-electron chi connectivity index (χ1n) is 13.8. The van der Waals surface area contributed by atoms with E-state index in [2.05, 4.69) is 16.0 Å². The Kier molecular flexibility index (Phi) is 12.3. The van der Waals surface area contributed by atoms with Gasteiger partial charge in [0.05, 0.1) is 12.7 Å². The predicted molar refractivity (Wildman–Crippen MR) is 145 cm³/mol. The van der Waals surface area contributed by atoms with Crippen LogP contribution in [-0.2, 0) is 9.53 Å². The van der Waals surface area contributed by atoms with E-state index in [1.54, 1.807) is 0 Å². The molecule has 1 aromatic carbocycles. The molecule has 3 rings (SSSR count). The molecule has 1 saturated carbocycles. The van der Waals surface area contributed by atoms with Gasteiger partial charge < -0.3 is 25.6 Å². The minimum absolute atomic E-state index is 0.0134. The van der Waals surface area contributed by atoms with Gasteiger partial charge in [-0.2, -0.15) is 0 Å². The van der Waals surface area contributed by atoms with E-state index in [0.717, 1.165) is 37.9 Å². The molecule has 3 N–H and O–H groups in total. The van der Waals surface area contributed by atoms with Crippen LogP contribution < -0.4 is 16.0 Å². The van der Waals surface area contributed by atoms with E-state index in [1.807, 2.05) is 43.1 Å². The number of carbonyl (C=O) groups excluding carboxylic acids is 2. The van der Waals surface area contributed by atoms with Crippen molar-refractivity contribution in [2.24, 2.45) is 11.8 Å². The minimum atomic E-state index is -0.218. The van der Waals surface area contributed by atoms with Crippen molar-refractivity contribution in [2.75, 3.05) is 39.8 Å². The average molecular weight is 521 g/mol. The van der Waals surface area contributed by atoms with Gasteiger partial charge in [-0.25, -0.2) is 4.79 Å². The molecule has 202 valence electrons. The van der Waals surface area contributed by atoms with E-state index < -0.39 is 0 Å². The number of benzene rings is 1. The molecule has 2 fully saturated rings. The Bertz CT molecular complexity index is 818. The van der Waals surface area contributed by atoms with E-state index in [1.165, 1.54) is 32.1 Å². The van der Waals surface area contributed by atoms with Crippen molar-refractivity contribution in [3.8, 4) is 0 Å². The van der Waals surface area contributed by atoms with Gasteiger partial charge in [-0.1, -0.05) is 55.8 Å². The molecule has 1 aliphatic heterocycles. The predicted octanol–water partition coefficient (Wildman–Crippen LogP) is 4.90. The second-order valence-corrected chi connectivity index (χ2v) is 10.8. The third-order valence-electron chi connectivity index (χ3n) is 7.47. The van der Waals surface area contributed by atoms with E-state index in [9.17, 15) is 9.59 Å². The summed E-state index contributed by atoms with van der Waals surface area (Å²) in [5.74, 6) is 0.829. The molecular weight excluding hydrogens is 476 g/mol. The van der Waals surface area contributed by atoms with Crippen LogP contribution in [0.4, 0.5) is 4.79 Å². The molecule has 7 nitrogen and oxygen atoms in total. The largest absolute Gasteiger partial charge is 0.373 e. The number of piperidine rings is 1. The molecule has 0 spiro atoms. The molecule has 1 aliphatic carbocycles. The fraction of sp³-hybridized carbons (Fsp3) is 0.714. The zero-order valence-electron chi connectivity index (χ0n) is 22.1. The highest BCUT2D eigenvalue weighted by Crippen LogP contribution is 2.34. The SMILES string of the molecule is CCNC(=O)CCOC(c1cccc(Cl)c1)C1CCCN(C(=O)NC(CNC)CC2CCCCC2)C1. The van der Waals surface area contributed by atoms with Crippen LogP contribution in [0.15, 0.2) is 24.3 Å². The quantitative estimate of drug-likeness (QED) is 0.366. The lowest BCUT2D eigenvalue weighted by atomic mass is 9.85. The average Bonchev–Trinajstić information content (AvgIpc) is 2.87. The normalized spacial score (nSPS) is 20.5. The van der Waals surface area contributed by atoms with Gasteiger partial charge in [-0.05, 0) is 56.8 Å². The zero-order chi connectivity index (χ0) is 25.8. The summed E-state index contributed by atoms with van der Waals surface area (Å²) in [4.78, 5) is 27.2. The third kappa shape index (κ3) is 9.24. The molecular formula is C28H45ClN4O3. The summed E-state index contributed by atoms with van der Waals surface area (Å²) in [6.07, 6.45) is 9.53. The molecule has 0 bridgehead atoms. The summed E-state index contributed by atoms with van der Waals surface area (Å²) in [6.45, 7) is 5.01. The van der Waals surface area contributed by atoms with Gasteiger partial charge in [0, 0.05) is 49.6 Å². The number of hydrogen-bond acceptors (Lipinski definition) is 4. The number of halogens is 1. The molecule has 8 heteroatoms. The van der Waals surface area contributed by atoms with E-state index in [-0.39, 0.29) is 30.0 Å². The highest BCUT2D eigenvalue weighted by molar-refractivity contribution is 6.30. The first-order chi connectivity index (χ1) is 17.5. The van der Waals surface area contributed by atoms with Crippen molar-refractivity contribution in [3.05, 3.63) is 34.9 Å². The van der Waals surface area contributed by atoms with Crippen LogP contribution in [0.2, 0.25) is 5.02 Å². The van der Waals surface area contributed by atoms with Crippen molar-refractivity contribution in [1.82, 2.24) is 20.9 Å². The number of rotatable bonds is 12. The third-order valence-corrected chi connectivity index (χ3v) is 7.71. The molecule has 2 aliphatic rings. The van der Waals surface area contributed by atoms with Crippen molar-refractivity contribution >= 4 is 23.5 Å². The molecule has 0 radical (unpaired) electrons. The maximum Gasteiger partial charge on any atom is 0.317 e. The summed E-state index contributed by atoms with van der Waals surface area (Å²) in [5.41, 5.74) is 0.996. The highest BCUT2D eigenvalue weighted by atomic mass is 35.5. The standard InChI is InChI=1S/C28H45ClN4O3/c1-3-31-26(34)14-16-36-27(22-11-7-13-24(29)18-22)23-12-8-15-33(20-23)28(35)32-25(19-30-2)17-21-9-5-4-6-10-21/h7,11,13,18,21,23,25,27,30H,3-6,8-10,12,14-17,19-20H2,1-2H3,(H,31,34)(H,32,35). The van der Waals surface area contributed by atoms with Gasteiger partial charge >= 0.3 is 6.03 Å². The van der Waals surface area contributed by atoms with Crippen LogP contribution in [0.3, 0.4) is 0 Å². The van der Waals surface area contributed by atoms with Crippen LogP contribution >= 0.6 is 11.6 Å². The van der Waals surface area contributed by atoms with Crippen molar-refractivity contribution < 1.29 is 14.3 Å².